The van der Waals surface area contributed by atoms with Gasteiger partial charge in [0.25, 0.3) is 0 Å². The highest BCUT2D eigenvalue weighted by atomic mass is 19.3. The predicted octanol–water partition coefficient (Wildman–Crippen LogP) is 2.46. The topological polar surface area (TPSA) is 70.0 Å². The van der Waals surface area contributed by atoms with Crippen LogP contribution in [0.1, 0.15) is 24.9 Å². The normalized spacial score (nSPS) is 17.8. The molecule has 0 amide bonds. The van der Waals surface area contributed by atoms with Crippen molar-refractivity contribution in [2.75, 3.05) is 45.2 Å². The van der Waals surface area contributed by atoms with Gasteiger partial charge in [0, 0.05) is 44.5 Å². The van der Waals surface area contributed by atoms with Crippen LogP contribution in [0, 0.1) is 0 Å². The highest BCUT2D eigenvalue weighted by Gasteiger charge is 2.26. The SMILES string of the molecule is CCNC(=NCC(c1cnn(C)c1)N(C)C)NC1CCN(c2ccccc2OC(F)F)C1. The number of rotatable bonds is 9. The zero-order valence-electron chi connectivity index (χ0n) is 19.1. The average Bonchev–Trinajstić information content (AvgIpc) is 3.37. The van der Waals surface area contributed by atoms with Crippen LogP contribution in [0.4, 0.5) is 14.5 Å². The van der Waals surface area contributed by atoms with E-state index in [0.29, 0.717) is 18.8 Å². The van der Waals surface area contributed by atoms with Gasteiger partial charge in [-0.3, -0.25) is 9.67 Å². The number of aliphatic imine (C=N–C) groups is 1. The van der Waals surface area contributed by atoms with Crippen molar-refractivity contribution in [1.29, 1.82) is 0 Å². The maximum atomic E-state index is 12.8. The van der Waals surface area contributed by atoms with Crippen LogP contribution in [0.5, 0.6) is 5.75 Å². The van der Waals surface area contributed by atoms with Crippen molar-refractivity contribution < 1.29 is 13.5 Å². The lowest BCUT2D eigenvalue weighted by Crippen LogP contribution is -2.45. The summed E-state index contributed by atoms with van der Waals surface area (Å²) in [5, 5.41) is 11.1. The van der Waals surface area contributed by atoms with Crippen LogP contribution in [0.15, 0.2) is 41.7 Å². The lowest BCUT2D eigenvalue weighted by molar-refractivity contribution is -0.0495. The Kier molecular flexibility index (Phi) is 8.26. The molecule has 0 bridgehead atoms. The fraction of sp³-hybridized carbons (Fsp3) is 0.545. The third-order valence-corrected chi connectivity index (χ3v) is 5.45. The van der Waals surface area contributed by atoms with Gasteiger partial charge in [-0.25, -0.2) is 0 Å². The molecular weight excluding hydrogens is 416 g/mol. The van der Waals surface area contributed by atoms with Gasteiger partial charge in [-0.05, 0) is 39.6 Å². The number of alkyl halides is 2. The quantitative estimate of drug-likeness (QED) is 0.453. The summed E-state index contributed by atoms with van der Waals surface area (Å²) in [6.07, 6.45) is 4.75. The van der Waals surface area contributed by atoms with Gasteiger partial charge in [-0.15, -0.1) is 0 Å². The van der Waals surface area contributed by atoms with Crippen molar-refractivity contribution in [3.63, 3.8) is 0 Å². The molecule has 8 nitrogen and oxygen atoms in total. The molecule has 10 heteroatoms. The summed E-state index contributed by atoms with van der Waals surface area (Å²) < 4.78 is 32.0. The summed E-state index contributed by atoms with van der Waals surface area (Å²) in [4.78, 5) is 9.01. The first kappa shape index (κ1) is 23.8. The van der Waals surface area contributed by atoms with Crippen molar-refractivity contribution in [1.82, 2.24) is 25.3 Å². The van der Waals surface area contributed by atoms with E-state index in [4.69, 9.17) is 9.73 Å². The smallest absolute Gasteiger partial charge is 0.387 e. The Morgan fingerprint density at radius 2 is 2.12 bits per heavy atom. The largest absolute Gasteiger partial charge is 0.433 e. The van der Waals surface area contributed by atoms with Crippen LogP contribution in [0.3, 0.4) is 0 Å². The van der Waals surface area contributed by atoms with Gasteiger partial charge < -0.3 is 25.2 Å². The Hall–Kier alpha value is -2.88. The van der Waals surface area contributed by atoms with Crippen LogP contribution < -0.4 is 20.3 Å². The maximum Gasteiger partial charge on any atom is 0.387 e. The molecule has 2 aromatic rings. The lowest BCUT2D eigenvalue weighted by Gasteiger charge is -2.24. The molecule has 2 N–H and O–H groups in total. The van der Waals surface area contributed by atoms with Gasteiger partial charge in [0.05, 0.1) is 24.5 Å². The van der Waals surface area contributed by atoms with Gasteiger partial charge >= 0.3 is 6.61 Å². The van der Waals surface area contributed by atoms with Crippen molar-refractivity contribution in [2.24, 2.45) is 12.0 Å². The predicted molar refractivity (Wildman–Crippen MR) is 122 cm³/mol. The Morgan fingerprint density at radius 3 is 2.78 bits per heavy atom. The van der Waals surface area contributed by atoms with Crippen LogP contribution in [-0.4, -0.2) is 73.6 Å². The van der Waals surface area contributed by atoms with Crippen molar-refractivity contribution in [3.05, 3.63) is 42.2 Å². The number of ether oxygens (including phenoxy) is 1. The molecule has 1 aromatic heterocycles. The summed E-state index contributed by atoms with van der Waals surface area (Å²) in [6.45, 7) is 1.93. The first-order chi connectivity index (χ1) is 15.4. The van der Waals surface area contributed by atoms with E-state index >= 15 is 0 Å². The number of guanidine groups is 1. The number of aromatic nitrogens is 2. The second-order valence-electron chi connectivity index (χ2n) is 8.07. The zero-order chi connectivity index (χ0) is 23.1. The van der Waals surface area contributed by atoms with E-state index in [1.54, 1.807) is 16.8 Å². The third-order valence-electron chi connectivity index (χ3n) is 5.45. The van der Waals surface area contributed by atoms with E-state index in [1.165, 1.54) is 0 Å². The van der Waals surface area contributed by atoms with Crippen LogP contribution in [-0.2, 0) is 7.05 Å². The fourth-order valence-electron chi connectivity index (χ4n) is 3.88. The van der Waals surface area contributed by atoms with Gasteiger partial charge in [-0.2, -0.15) is 13.9 Å². The molecule has 2 unspecified atom stereocenters. The zero-order valence-corrected chi connectivity index (χ0v) is 19.1. The Morgan fingerprint density at radius 1 is 1.34 bits per heavy atom. The maximum absolute atomic E-state index is 12.8. The van der Waals surface area contributed by atoms with Gasteiger partial charge in [0.1, 0.15) is 5.75 Å². The lowest BCUT2D eigenvalue weighted by atomic mass is 10.1. The van der Waals surface area contributed by atoms with Crippen LogP contribution in [0.2, 0.25) is 0 Å². The molecule has 0 aliphatic carbocycles. The molecule has 2 heterocycles. The monoisotopic (exact) mass is 449 g/mol. The van der Waals surface area contributed by atoms with E-state index in [2.05, 4.69) is 25.5 Å². The molecule has 1 aliphatic rings. The molecule has 0 spiro atoms. The third kappa shape index (κ3) is 6.32. The molecule has 1 aromatic carbocycles. The highest BCUT2D eigenvalue weighted by molar-refractivity contribution is 5.80. The molecule has 3 rings (SSSR count). The molecule has 1 aliphatic heterocycles. The Bertz CT molecular complexity index is 887. The van der Waals surface area contributed by atoms with Gasteiger partial charge in [-0.1, -0.05) is 12.1 Å². The molecule has 0 radical (unpaired) electrons. The second-order valence-corrected chi connectivity index (χ2v) is 8.07. The summed E-state index contributed by atoms with van der Waals surface area (Å²) in [5.74, 6) is 0.946. The number of anilines is 1. The molecular formula is C22H33F2N7O. The Balaban J connectivity index is 1.65. The molecule has 32 heavy (non-hydrogen) atoms. The van der Waals surface area contributed by atoms with Crippen molar-refractivity contribution in [3.8, 4) is 5.75 Å². The van der Waals surface area contributed by atoms with Crippen molar-refractivity contribution in [2.45, 2.75) is 32.0 Å². The van der Waals surface area contributed by atoms with E-state index in [9.17, 15) is 8.78 Å². The molecule has 1 fully saturated rings. The van der Waals surface area contributed by atoms with Crippen LogP contribution in [0.25, 0.3) is 0 Å². The average molecular weight is 450 g/mol. The van der Waals surface area contributed by atoms with Crippen molar-refractivity contribution >= 4 is 11.6 Å². The van der Waals surface area contributed by atoms with E-state index in [1.807, 2.05) is 52.6 Å². The number of para-hydroxylation sites is 2. The number of benzene rings is 1. The number of hydrogen-bond donors (Lipinski definition) is 2. The second kappa shape index (κ2) is 11.1. The fourth-order valence-corrected chi connectivity index (χ4v) is 3.88. The number of likely N-dealkylation sites (N-methyl/N-ethyl adjacent to an activating group) is 1. The highest BCUT2D eigenvalue weighted by Crippen LogP contribution is 2.31. The number of halogens is 2. The summed E-state index contributed by atoms with van der Waals surface area (Å²) in [5.41, 5.74) is 1.79. The number of nitrogens with one attached hydrogen (secondary N) is 2. The summed E-state index contributed by atoms with van der Waals surface area (Å²) >= 11 is 0. The Labute approximate surface area is 188 Å². The van der Waals surface area contributed by atoms with Gasteiger partial charge in [0.2, 0.25) is 0 Å². The number of aryl methyl sites for hydroxylation is 1. The molecule has 0 saturated carbocycles. The van der Waals surface area contributed by atoms with Crippen LogP contribution >= 0.6 is 0 Å². The molecule has 176 valence electrons. The van der Waals surface area contributed by atoms with Gasteiger partial charge in [0.15, 0.2) is 5.96 Å². The first-order valence-corrected chi connectivity index (χ1v) is 10.9. The standard InChI is InChI=1S/C22H33F2N7O/c1-5-25-22(26-13-19(29(2)3)16-12-27-30(4)14-16)28-17-10-11-31(15-17)18-8-6-7-9-20(18)32-21(23)24/h6-9,12,14,17,19,21H,5,10-11,13,15H2,1-4H3,(H2,25,26,28). The summed E-state index contributed by atoms with van der Waals surface area (Å²) in [6, 6.07) is 7.18. The minimum absolute atomic E-state index is 0.109. The number of nitrogens with zero attached hydrogens (tertiary/aromatic N) is 5. The summed E-state index contributed by atoms with van der Waals surface area (Å²) in [7, 11) is 5.96. The van der Waals surface area contributed by atoms with E-state index < -0.39 is 6.61 Å². The first-order valence-electron chi connectivity index (χ1n) is 10.9. The molecule has 2 atom stereocenters. The molecule has 1 saturated heterocycles. The number of hydrogen-bond acceptors (Lipinski definition) is 5. The minimum Gasteiger partial charge on any atom is -0.433 e. The van der Waals surface area contributed by atoms with E-state index in [0.717, 1.165) is 31.0 Å². The minimum atomic E-state index is -2.84. The van der Waals surface area contributed by atoms with E-state index in [-0.39, 0.29) is 17.8 Å².